The van der Waals surface area contributed by atoms with Gasteiger partial charge in [0.25, 0.3) is 0 Å². The van der Waals surface area contributed by atoms with Gasteiger partial charge < -0.3 is 14.2 Å². The lowest BCUT2D eigenvalue weighted by Gasteiger charge is -2.31. The minimum Gasteiger partial charge on any atom is -0.425 e. The molecule has 9 nitrogen and oxygen atoms in total. The van der Waals surface area contributed by atoms with E-state index < -0.39 is 35.7 Å². The summed E-state index contributed by atoms with van der Waals surface area (Å²) in [7, 11) is 0. The highest BCUT2D eigenvalue weighted by Gasteiger charge is 2.42. The molecular formula is C60H49N3O6. The Morgan fingerprint density at radius 3 is 1.03 bits per heavy atom. The van der Waals surface area contributed by atoms with E-state index in [1.54, 1.807) is 36.4 Å². The number of aromatic nitrogens is 3. The first-order valence-electron chi connectivity index (χ1n) is 23.0. The molecule has 0 saturated heterocycles. The van der Waals surface area contributed by atoms with E-state index in [-0.39, 0.29) is 36.5 Å². The van der Waals surface area contributed by atoms with Crippen LogP contribution in [0.1, 0.15) is 38.7 Å². The van der Waals surface area contributed by atoms with Crippen molar-refractivity contribution < 1.29 is 28.6 Å². The standard InChI is InChI=1S/C60H49N3O6/c1-3-11-40(4-2)43-16-22-46(23-17-43)55-31-28-52(37-61-55)67-58(64)49-34-50(59(65)68-53-29-32-56(62-38-53)47-24-18-44(19-25-47)41-12-7-5-8-13-41)36-51(35-49)60(66)69-54-30-33-57(63-39-54)48-26-20-45(21-27-48)42-14-9-6-10-15-42/h3-33,37-39,49-51H,34-36H2,1-2H3/b11-3-,40-4+. The summed E-state index contributed by atoms with van der Waals surface area (Å²) < 4.78 is 17.6. The first kappa shape index (κ1) is 45.6. The topological polar surface area (TPSA) is 118 Å². The van der Waals surface area contributed by atoms with E-state index in [4.69, 9.17) is 14.2 Å². The number of pyridine rings is 3. The van der Waals surface area contributed by atoms with Gasteiger partial charge in [0.2, 0.25) is 0 Å². The molecule has 0 radical (unpaired) electrons. The zero-order chi connectivity index (χ0) is 47.5. The summed E-state index contributed by atoms with van der Waals surface area (Å²) >= 11 is 0. The number of hydrogen-bond acceptors (Lipinski definition) is 9. The number of carbonyl (C=O) groups excluding carboxylic acids is 3. The van der Waals surface area contributed by atoms with Gasteiger partial charge in [0, 0.05) is 16.7 Å². The summed E-state index contributed by atoms with van der Waals surface area (Å²) in [6.07, 6.45) is 11.0. The third kappa shape index (κ3) is 11.2. The van der Waals surface area contributed by atoms with Gasteiger partial charge in [0.1, 0.15) is 17.2 Å². The third-order valence-electron chi connectivity index (χ3n) is 12.3. The molecule has 9 heteroatoms. The van der Waals surface area contributed by atoms with E-state index in [0.717, 1.165) is 50.1 Å². The fourth-order valence-electron chi connectivity index (χ4n) is 8.63. The highest BCUT2D eigenvalue weighted by molar-refractivity contribution is 5.83. The van der Waals surface area contributed by atoms with Crippen molar-refractivity contribution in [1.82, 2.24) is 15.0 Å². The monoisotopic (exact) mass is 907 g/mol. The van der Waals surface area contributed by atoms with Gasteiger partial charge in [-0.3, -0.25) is 29.3 Å². The molecule has 2 atom stereocenters. The minimum atomic E-state index is -0.822. The predicted molar refractivity (Wildman–Crippen MR) is 270 cm³/mol. The predicted octanol–water partition coefficient (Wildman–Crippen LogP) is 13.3. The summed E-state index contributed by atoms with van der Waals surface area (Å²) in [5.74, 6) is -3.48. The fourth-order valence-corrected chi connectivity index (χ4v) is 8.63. The fraction of sp³-hybridized carbons (Fsp3) is 0.133. The van der Waals surface area contributed by atoms with Crippen molar-refractivity contribution in [3.05, 3.63) is 212 Å². The van der Waals surface area contributed by atoms with Crippen LogP contribution in [0.5, 0.6) is 17.2 Å². The lowest BCUT2D eigenvalue weighted by Crippen LogP contribution is -2.39. The number of benzene rings is 5. The van der Waals surface area contributed by atoms with E-state index in [0.29, 0.717) is 17.1 Å². The zero-order valence-corrected chi connectivity index (χ0v) is 38.3. The molecule has 0 bridgehead atoms. The number of esters is 3. The van der Waals surface area contributed by atoms with Gasteiger partial charge in [-0.25, -0.2) is 0 Å². The smallest absolute Gasteiger partial charge is 0.314 e. The number of carbonyl (C=O) groups is 3. The average molecular weight is 908 g/mol. The van der Waals surface area contributed by atoms with Crippen LogP contribution < -0.4 is 14.2 Å². The largest absolute Gasteiger partial charge is 0.425 e. The van der Waals surface area contributed by atoms with Crippen LogP contribution in [0, 0.1) is 17.8 Å². The van der Waals surface area contributed by atoms with Crippen molar-refractivity contribution in [3.8, 4) is 73.3 Å². The summed E-state index contributed by atoms with van der Waals surface area (Å²) in [4.78, 5) is 55.5. The highest BCUT2D eigenvalue weighted by atomic mass is 16.5. The Kier molecular flexibility index (Phi) is 14.1. The van der Waals surface area contributed by atoms with E-state index in [1.807, 2.05) is 129 Å². The van der Waals surface area contributed by atoms with Crippen molar-refractivity contribution in [2.75, 3.05) is 0 Å². The van der Waals surface area contributed by atoms with Crippen molar-refractivity contribution in [2.45, 2.75) is 33.1 Å². The van der Waals surface area contributed by atoms with Crippen LogP contribution in [0.25, 0.3) is 61.6 Å². The maximum Gasteiger partial charge on any atom is 0.314 e. The Labute approximate surface area is 401 Å². The Morgan fingerprint density at radius 2 is 0.725 bits per heavy atom. The molecule has 1 aliphatic rings. The first-order valence-corrected chi connectivity index (χ1v) is 23.0. The summed E-state index contributed by atoms with van der Waals surface area (Å²) in [5, 5.41) is 0. The van der Waals surface area contributed by atoms with E-state index in [9.17, 15) is 14.4 Å². The molecular weight excluding hydrogens is 859 g/mol. The number of hydrogen-bond donors (Lipinski definition) is 0. The molecule has 340 valence electrons. The molecule has 1 saturated carbocycles. The quantitative estimate of drug-likeness (QED) is 0.0823. The van der Waals surface area contributed by atoms with Gasteiger partial charge in [-0.1, -0.05) is 152 Å². The highest BCUT2D eigenvalue weighted by Crippen LogP contribution is 2.37. The van der Waals surface area contributed by atoms with Gasteiger partial charge in [0.05, 0.1) is 53.4 Å². The maximum absolute atomic E-state index is 13.9. The Morgan fingerprint density at radius 1 is 0.406 bits per heavy atom. The second kappa shape index (κ2) is 21.4. The van der Waals surface area contributed by atoms with Crippen molar-refractivity contribution in [2.24, 2.45) is 17.8 Å². The number of ether oxygens (including phenoxy) is 3. The molecule has 9 rings (SSSR count). The Hall–Kier alpha value is -8.56. The maximum atomic E-state index is 13.9. The molecule has 2 unspecified atom stereocenters. The van der Waals surface area contributed by atoms with Crippen LogP contribution in [0.4, 0.5) is 0 Å². The summed E-state index contributed by atoms with van der Waals surface area (Å²) in [5.41, 5.74) is 11.5. The van der Waals surface area contributed by atoms with Crippen molar-refractivity contribution >= 4 is 23.5 Å². The van der Waals surface area contributed by atoms with Gasteiger partial charge in [-0.2, -0.15) is 0 Å². The molecule has 0 amide bonds. The van der Waals surface area contributed by atoms with Crippen LogP contribution in [-0.2, 0) is 14.4 Å². The first-order chi connectivity index (χ1) is 33.8. The molecule has 3 aromatic heterocycles. The third-order valence-corrected chi connectivity index (χ3v) is 12.3. The van der Waals surface area contributed by atoms with Crippen molar-refractivity contribution in [1.29, 1.82) is 0 Å². The molecule has 3 heterocycles. The zero-order valence-electron chi connectivity index (χ0n) is 38.3. The second-order valence-electron chi connectivity index (χ2n) is 16.9. The molecule has 8 aromatic rings. The average Bonchev–Trinajstić information content (AvgIpc) is 3.41. The normalized spacial score (nSPS) is 15.9. The summed E-state index contributed by atoms with van der Waals surface area (Å²) in [6, 6.07) is 54.9. The SMILES string of the molecule is C/C=C\C(=C/C)c1ccc(-c2ccc(OC(=O)C3CC(C(=O)Oc4ccc(-c5ccc(-c6ccccc6)cc5)nc4)CC(C(=O)Oc4ccc(-c5ccc(-c6ccccc6)cc5)nc4)C3)cn2)cc1. The van der Waals surface area contributed by atoms with Crippen LogP contribution in [0.2, 0.25) is 0 Å². The molecule has 0 N–H and O–H groups in total. The Bertz CT molecular complexity index is 2930. The lowest BCUT2D eigenvalue weighted by molar-refractivity contribution is -0.150. The molecule has 0 spiro atoms. The molecule has 69 heavy (non-hydrogen) atoms. The van der Waals surface area contributed by atoms with Gasteiger partial charge in [0.15, 0.2) is 0 Å². The minimum absolute atomic E-state index is 0.110. The van der Waals surface area contributed by atoms with E-state index >= 15 is 0 Å². The van der Waals surface area contributed by atoms with Crippen molar-refractivity contribution in [3.63, 3.8) is 0 Å². The van der Waals surface area contributed by atoms with Crippen LogP contribution >= 0.6 is 0 Å². The molecule has 1 aliphatic carbocycles. The number of nitrogens with zero attached hydrogens (tertiary/aromatic N) is 3. The van der Waals surface area contributed by atoms with Crippen LogP contribution in [-0.4, -0.2) is 32.9 Å². The lowest BCUT2D eigenvalue weighted by atomic mass is 9.75. The van der Waals surface area contributed by atoms with Gasteiger partial charge in [-0.15, -0.1) is 0 Å². The number of rotatable bonds is 13. The van der Waals surface area contributed by atoms with Crippen LogP contribution in [0.3, 0.4) is 0 Å². The molecule has 1 fully saturated rings. The van der Waals surface area contributed by atoms with E-state index in [1.165, 1.54) is 18.6 Å². The van der Waals surface area contributed by atoms with E-state index in [2.05, 4.69) is 51.4 Å². The summed E-state index contributed by atoms with van der Waals surface area (Å²) in [6.45, 7) is 3.99. The van der Waals surface area contributed by atoms with Gasteiger partial charge >= 0.3 is 17.9 Å². The second-order valence-corrected chi connectivity index (χ2v) is 16.9. The molecule has 5 aromatic carbocycles. The number of allylic oxidation sites excluding steroid dienone is 4. The van der Waals surface area contributed by atoms with Gasteiger partial charge in [-0.05, 0) is 103 Å². The Balaban J connectivity index is 0.883. The molecule has 0 aliphatic heterocycles. The van der Waals surface area contributed by atoms with Crippen LogP contribution in [0.15, 0.2) is 207 Å².